The summed E-state index contributed by atoms with van der Waals surface area (Å²) in [7, 11) is 0. The van der Waals surface area contributed by atoms with Crippen molar-refractivity contribution in [2.45, 2.75) is 92.4 Å². The average Bonchev–Trinajstić information content (AvgIpc) is 2.59. The topological polar surface area (TPSA) is 74.6 Å². The lowest BCUT2D eigenvalue weighted by Crippen LogP contribution is -2.23. The molecule has 0 spiro atoms. The van der Waals surface area contributed by atoms with Gasteiger partial charge < -0.3 is 10.2 Å². The Morgan fingerprint density at radius 2 is 1.29 bits per heavy atom. The minimum atomic E-state index is -0.727. The normalized spacial score (nSPS) is 12.2. The smallest absolute Gasteiger partial charge is 0.309 e. The summed E-state index contributed by atoms with van der Waals surface area (Å²) in [6, 6.07) is 6.45. The summed E-state index contributed by atoms with van der Waals surface area (Å²) in [5.74, 6) is -1.45. The molecule has 1 aromatic rings. The van der Waals surface area contributed by atoms with Crippen LogP contribution in [0.3, 0.4) is 0 Å². The fourth-order valence-electron chi connectivity index (χ4n) is 3.50. The summed E-state index contributed by atoms with van der Waals surface area (Å²) in [6.07, 6.45) is 8.37. The summed E-state index contributed by atoms with van der Waals surface area (Å²) in [5, 5.41) is 18.4. The fourth-order valence-corrected chi connectivity index (χ4v) is 3.50. The van der Waals surface area contributed by atoms with Crippen LogP contribution >= 0.6 is 0 Å². The second-order valence-electron chi connectivity index (χ2n) is 9.36. The number of aliphatic carboxylic acids is 2. The molecule has 0 aliphatic rings. The minimum Gasteiger partial charge on any atom is -0.481 e. The Hall–Kier alpha value is -1.84. The molecule has 0 bridgehead atoms. The van der Waals surface area contributed by atoms with Crippen LogP contribution < -0.4 is 0 Å². The molecule has 4 heteroatoms. The van der Waals surface area contributed by atoms with Crippen molar-refractivity contribution >= 4 is 11.9 Å². The molecule has 1 aromatic carbocycles. The van der Waals surface area contributed by atoms with Crippen molar-refractivity contribution < 1.29 is 19.8 Å². The van der Waals surface area contributed by atoms with Gasteiger partial charge in [0.1, 0.15) is 0 Å². The third-order valence-corrected chi connectivity index (χ3v) is 5.89. The minimum absolute atomic E-state index is 0.641. The van der Waals surface area contributed by atoms with Crippen molar-refractivity contribution in [1.82, 2.24) is 0 Å². The Balaban J connectivity index is 2.50. The lowest BCUT2D eigenvalue weighted by atomic mass is 9.85. The Labute approximate surface area is 170 Å². The van der Waals surface area contributed by atoms with Crippen LogP contribution in [0.5, 0.6) is 0 Å². The quantitative estimate of drug-likeness (QED) is 0.403. The number of rotatable bonds is 13. The molecule has 4 nitrogen and oxygen atoms in total. The number of carboxylic acid groups (broad SMARTS) is 2. The van der Waals surface area contributed by atoms with E-state index in [0.717, 1.165) is 44.9 Å². The Morgan fingerprint density at radius 1 is 0.786 bits per heavy atom. The van der Waals surface area contributed by atoms with Gasteiger partial charge in [-0.05, 0) is 89.8 Å². The zero-order valence-corrected chi connectivity index (χ0v) is 18.3. The molecule has 0 fully saturated rings. The van der Waals surface area contributed by atoms with Crippen molar-refractivity contribution in [3.05, 3.63) is 34.9 Å². The molecular weight excluding hydrogens is 352 g/mol. The van der Waals surface area contributed by atoms with Gasteiger partial charge in [-0.15, -0.1) is 0 Å². The van der Waals surface area contributed by atoms with Gasteiger partial charge in [-0.1, -0.05) is 37.5 Å². The van der Waals surface area contributed by atoms with E-state index in [9.17, 15) is 19.8 Å². The maximum Gasteiger partial charge on any atom is 0.309 e. The first kappa shape index (κ1) is 24.2. The van der Waals surface area contributed by atoms with Gasteiger partial charge in [0, 0.05) is 0 Å². The van der Waals surface area contributed by atoms with E-state index in [2.05, 4.69) is 25.1 Å². The van der Waals surface area contributed by atoms with E-state index in [1.165, 1.54) is 16.7 Å². The van der Waals surface area contributed by atoms with Crippen LogP contribution in [-0.2, 0) is 22.4 Å². The van der Waals surface area contributed by atoms with Crippen LogP contribution in [0.1, 0.15) is 89.3 Å². The van der Waals surface area contributed by atoms with E-state index in [-0.39, 0.29) is 0 Å². The maximum absolute atomic E-state index is 11.2. The Kier molecular flexibility index (Phi) is 9.19. The number of carboxylic acids is 2. The zero-order chi connectivity index (χ0) is 21.4. The van der Waals surface area contributed by atoms with Crippen molar-refractivity contribution in [1.29, 1.82) is 0 Å². The summed E-state index contributed by atoms with van der Waals surface area (Å²) >= 11 is 0. The van der Waals surface area contributed by atoms with E-state index in [4.69, 9.17) is 0 Å². The van der Waals surface area contributed by atoms with Crippen LogP contribution in [-0.4, -0.2) is 22.2 Å². The van der Waals surface area contributed by atoms with E-state index < -0.39 is 22.8 Å². The number of unbranched alkanes of at least 4 members (excludes halogenated alkanes) is 3. The fraction of sp³-hybridized carbons (Fsp3) is 0.667. The van der Waals surface area contributed by atoms with Crippen LogP contribution in [0.4, 0.5) is 0 Å². The average molecular weight is 391 g/mol. The van der Waals surface area contributed by atoms with Gasteiger partial charge in [0.25, 0.3) is 0 Å². The van der Waals surface area contributed by atoms with Crippen molar-refractivity contribution in [2.75, 3.05) is 0 Å². The highest BCUT2D eigenvalue weighted by Crippen LogP contribution is 2.27. The van der Waals surface area contributed by atoms with Crippen LogP contribution in [0, 0.1) is 17.8 Å². The predicted molar refractivity (Wildman–Crippen MR) is 114 cm³/mol. The van der Waals surface area contributed by atoms with Crippen molar-refractivity contribution in [3.8, 4) is 0 Å². The van der Waals surface area contributed by atoms with Gasteiger partial charge in [-0.2, -0.15) is 0 Å². The summed E-state index contributed by atoms with van der Waals surface area (Å²) in [6.45, 7) is 9.31. The van der Waals surface area contributed by atoms with Crippen molar-refractivity contribution in [2.24, 2.45) is 10.8 Å². The van der Waals surface area contributed by atoms with E-state index >= 15 is 0 Å². The van der Waals surface area contributed by atoms with Gasteiger partial charge in [-0.3, -0.25) is 9.59 Å². The first-order valence-electron chi connectivity index (χ1n) is 10.5. The van der Waals surface area contributed by atoms with Crippen LogP contribution in [0.25, 0.3) is 0 Å². The molecule has 0 saturated heterocycles. The molecule has 0 saturated carbocycles. The Morgan fingerprint density at radius 3 is 1.82 bits per heavy atom. The molecule has 158 valence electrons. The van der Waals surface area contributed by atoms with E-state index in [0.29, 0.717) is 12.8 Å². The summed E-state index contributed by atoms with van der Waals surface area (Å²) in [4.78, 5) is 22.4. The highest BCUT2D eigenvalue weighted by atomic mass is 16.4. The number of hydrogen-bond acceptors (Lipinski definition) is 2. The second-order valence-corrected chi connectivity index (χ2v) is 9.36. The summed E-state index contributed by atoms with van der Waals surface area (Å²) in [5.41, 5.74) is 2.80. The largest absolute Gasteiger partial charge is 0.481 e. The van der Waals surface area contributed by atoms with E-state index in [1.54, 1.807) is 27.7 Å². The molecule has 0 aliphatic carbocycles. The molecule has 0 heterocycles. The second kappa shape index (κ2) is 10.6. The molecule has 0 radical (unpaired) electrons. The van der Waals surface area contributed by atoms with Gasteiger partial charge in [0.05, 0.1) is 10.8 Å². The third-order valence-electron chi connectivity index (χ3n) is 5.89. The number of carbonyl (C=O) groups is 2. The van der Waals surface area contributed by atoms with Gasteiger partial charge in [-0.25, -0.2) is 0 Å². The lowest BCUT2D eigenvalue weighted by Gasteiger charge is -2.19. The molecule has 0 atom stereocenters. The SMILES string of the molecule is Cc1cccc(CCCCCC(C)(C)C(=O)O)c1CCCCC(C)(C)C(=O)O. The highest BCUT2D eigenvalue weighted by molar-refractivity contribution is 5.73. The summed E-state index contributed by atoms with van der Waals surface area (Å²) < 4.78 is 0. The van der Waals surface area contributed by atoms with Crippen molar-refractivity contribution in [3.63, 3.8) is 0 Å². The molecule has 0 amide bonds. The van der Waals surface area contributed by atoms with Gasteiger partial charge in [0.15, 0.2) is 0 Å². The number of aryl methyl sites for hydroxylation is 2. The van der Waals surface area contributed by atoms with Crippen LogP contribution in [0.15, 0.2) is 18.2 Å². The molecule has 2 N–H and O–H groups in total. The lowest BCUT2D eigenvalue weighted by molar-refractivity contribution is -0.148. The number of hydrogen-bond donors (Lipinski definition) is 2. The Bertz CT molecular complexity index is 659. The number of benzene rings is 1. The van der Waals surface area contributed by atoms with Gasteiger partial charge >= 0.3 is 11.9 Å². The molecular formula is C24H38O4. The molecule has 28 heavy (non-hydrogen) atoms. The molecule has 0 aromatic heterocycles. The molecule has 1 rings (SSSR count). The molecule has 0 aliphatic heterocycles. The maximum atomic E-state index is 11.2. The standard InChI is InChI=1S/C24H38O4/c1-18-12-11-14-19(13-7-6-9-16-23(2,3)21(25)26)20(18)15-8-10-17-24(4,5)22(27)28/h11-12,14H,6-10,13,15-17H2,1-5H3,(H,25,26)(H,27,28). The third kappa shape index (κ3) is 7.65. The highest BCUT2D eigenvalue weighted by Gasteiger charge is 2.26. The first-order chi connectivity index (χ1) is 13.0. The predicted octanol–water partition coefficient (Wildman–Crippen LogP) is 6.03. The zero-order valence-electron chi connectivity index (χ0n) is 18.3. The monoisotopic (exact) mass is 390 g/mol. The molecule has 0 unspecified atom stereocenters. The first-order valence-corrected chi connectivity index (χ1v) is 10.5. The van der Waals surface area contributed by atoms with Crippen LogP contribution in [0.2, 0.25) is 0 Å². The van der Waals surface area contributed by atoms with E-state index in [1.807, 2.05) is 0 Å². The van der Waals surface area contributed by atoms with Gasteiger partial charge in [0.2, 0.25) is 0 Å².